The van der Waals surface area contributed by atoms with Crippen LogP contribution >= 0.6 is 15.9 Å². The molecule has 3 rings (SSSR count). The first kappa shape index (κ1) is 16.8. The van der Waals surface area contributed by atoms with Crippen molar-refractivity contribution in [2.45, 2.75) is 11.0 Å². The number of halogens is 1. The third-order valence-electron chi connectivity index (χ3n) is 3.30. The highest BCUT2D eigenvalue weighted by molar-refractivity contribution is 9.10. The Balaban J connectivity index is 1.67. The Labute approximate surface area is 147 Å². The van der Waals surface area contributed by atoms with Crippen LogP contribution in [-0.2, 0) is 14.3 Å². The first-order valence-corrected chi connectivity index (χ1v) is 9.17. The Morgan fingerprint density at radius 1 is 1.21 bits per heavy atom. The van der Waals surface area contributed by atoms with E-state index in [0.29, 0.717) is 17.1 Å². The topological polar surface area (TPSA) is 85.6 Å². The van der Waals surface area contributed by atoms with Gasteiger partial charge in [0.2, 0.25) is 0 Å². The number of fused-ring (bicyclic) bond motifs is 1. The van der Waals surface area contributed by atoms with Crippen LogP contribution in [0.3, 0.4) is 0 Å². The average Bonchev–Trinajstić information content (AvgIpc) is 2.59. The van der Waals surface area contributed by atoms with Crippen LogP contribution in [-0.4, -0.2) is 27.7 Å². The molecule has 0 aromatic heterocycles. The van der Waals surface area contributed by atoms with Crippen LogP contribution in [0.2, 0.25) is 0 Å². The van der Waals surface area contributed by atoms with Crippen molar-refractivity contribution in [3.05, 3.63) is 52.5 Å². The molecule has 0 spiro atoms. The second-order valence-electron chi connectivity index (χ2n) is 5.02. The quantitative estimate of drug-likeness (QED) is 0.721. The zero-order valence-electron chi connectivity index (χ0n) is 12.3. The highest BCUT2D eigenvalue weighted by atomic mass is 79.9. The summed E-state index contributed by atoms with van der Waals surface area (Å²) >= 11 is 3.25. The number of hydrogen-bond acceptors (Lipinski definition) is 6. The van der Waals surface area contributed by atoms with Gasteiger partial charge in [-0.2, -0.15) is 13.7 Å². The van der Waals surface area contributed by atoms with Gasteiger partial charge in [0.1, 0.15) is 13.2 Å². The molecule has 0 saturated carbocycles. The maximum absolute atomic E-state index is 12.2. The Bertz CT molecular complexity index is 890. The summed E-state index contributed by atoms with van der Waals surface area (Å²) in [6.45, 7) is -0.0244. The lowest BCUT2D eigenvalue weighted by Crippen LogP contribution is -2.34. The van der Waals surface area contributed by atoms with Crippen molar-refractivity contribution >= 4 is 26.0 Å². The number of nitriles is 1. The van der Waals surface area contributed by atoms with Gasteiger partial charge in [-0.05, 0) is 36.4 Å². The van der Waals surface area contributed by atoms with Crippen molar-refractivity contribution in [3.63, 3.8) is 0 Å². The minimum Gasteiger partial charge on any atom is -0.486 e. The summed E-state index contributed by atoms with van der Waals surface area (Å²) in [7, 11) is -3.88. The number of rotatable bonds is 4. The highest BCUT2D eigenvalue weighted by Crippen LogP contribution is 2.32. The molecule has 0 N–H and O–H groups in total. The number of benzene rings is 2. The summed E-state index contributed by atoms with van der Waals surface area (Å²) < 4.78 is 41.3. The summed E-state index contributed by atoms with van der Waals surface area (Å²) in [4.78, 5) is 0.0644. The van der Waals surface area contributed by atoms with Gasteiger partial charge in [0.15, 0.2) is 17.6 Å². The van der Waals surface area contributed by atoms with Crippen molar-refractivity contribution in [2.75, 3.05) is 13.2 Å². The average molecular weight is 410 g/mol. The molecule has 6 nitrogen and oxygen atoms in total. The first-order chi connectivity index (χ1) is 11.5. The zero-order valence-corrected chi connectivity index (χ0v) is 14.7. The molecule has 1 aliphatic rings. The van der Waals surface area contributed by atoms with E-state index >= 15 is 0 Å². The highest BCUT2D eigenvalue weighted by Gasteiger charge is 2.25. The van der Waals surface area contributed by atoms with Gasteiger partial charge in [-0.25, -0.2) is 0 Å². The molecule has 0 fully saturated rings. The summed E-state index contributed by atoms with van der Waals surface area (Å²) in [6, 6.07) is 13.0. The Kier molecular flexibility index (Phi) is 4.76. The molecule has 0 bridgehead atoms. The second-order valence-corrected chi connectivity index (χ2v) is 7.55. The molecule has 1 unspecified atom stereocenters. The van der Waals surface area contributed by atoms with E-state index in [-0.39, 0.29) is 18.1 Å². The van der Waals surface area contributed by atoms with Crippen LogP contribution in [0.15, 0.2) is 51.8 Å². The van der Waals surface area contributed by atoms with Crippen molar-refractivity contribution in [1.82, 2.24) is 0 Å². The van der Waals surface area contributed by atoms with Gasteiger partial charge < -0.3 is 9.47 Å². The van der Waals surface area contributed by atoms with E-state index in [4.69, 9.17) is 18.9 Å². The van der Waals surface area contributed by atoms with Crippen LogP contribution in [0.4, 0.5) is 0 Å². The van der Waals surface area contributed by atoms with E-state index in [9.17, 15) is 8.42 Å². The van der Waals surface area contributed by atoms with Gasteiger partial charge in [0.25, 0.3) is 10.1 Å². The number of nitrogens with zero attached hydrogens (tertiary/aromatic N) is 1. The third kappa shape index (κ3) is 3.70. The Morgan fingerprint density at radius 3 is 2.67 bits per heavy atom. The lowest BCUT2D eigenvalue weighted by molar-refractivity contribution is 0.0554. The maximum atomic E-state index is 12.2. The van der Waals surface area contributed by atoms with E-state index < -0.39 is 16.2 Å². The summed E-state index contributed by atoms with van der Waals surface area (Å²) in [5, 5.41) is 8.91. The van der Waals surface area contributed by atoms with Crippen molar-refractivity contribution in [1.29, 1.82) is 5.26 Å². The molecule has 24 heavy (non-hydrogen) atoms. The molecule has 1 heterocycles. The van der Waals surface area contributed by atoms with Gasteiger partial charge in [-0.15, -0.1) is 0 Å². The van der Waals surface area contributed by atoms with Crippen LogP contribution in [0.5, 0.6) is 11.5 Å². The molecule has 2 aromatic rings. The fourth-order valence-electron chi connectivity index (χ4n) is 2.10. The smallest absolute Gasteiger partial charge is 0.297 e. The normalized spacial score (nSPS) is 16.4. The van der Waals surface area contributed by atoms with Gasteiger partial charge in [0, 0.05) is 10.5 Å². The monoisotopic (exact) mass is 409 g/mol. The van der Waals surface area contributed by atoms with Gasteiger partial charge in [-0.1, -0.05) is 15.9 Å². The fourth-order valence-corrected chi connectivity index (χ4v) is 3.30. The molecule has 0 aliphatic carbocycles. The Hall–Kier alpha value is -2.08. The second kappa shape index (κ2) is 6.81. The van der Waals surface area contributed by atoms with Crippen molar-refractivity contribution < 1.29 is 22.1 Å². The zero-order chi connectivity index (χ0) is 17.2. The largest absolute Gasteiger partial charge is 0.486 e. The SMILES string of the molecule is N#Cc1ccc2c(c1)OC(COS(=O)(=O)c1ccc(Br)cc1)CO2. The molecule has 0 radical (unpaired) electrons. The minimum absolute atomic E-state index is 0.0644. The van der Waals surface area contributed by atoms with E-state index in [0.717, 1.165) is 4.47 Å². The standard InChI is InChI=1S/C16H12BrNO5S/c17-12-2-4-14(5-3-12)24(19,20)22-10-13-9-21-15-6-1-11(8-18)7-16(15)23-13/h1-7,13H,9-10H2. The lowest BCUT2D eigenvalue weighted by Gasteiger charge is -2.26. The molecular formula is C16H12BrNO5S. The van der Waals surface area contributed by atoms with E-state index in [1.807, 2.05) is 6.07 Å². The molecular weight excluding hydrogens is 398 g/mol. The molecule has 2 aromatic carbocycles. The van der Waals surface area contributed by atoms with Crippen molar-refractivity contribution in [2.24, 2.45) is 0 Å². The van der Waals surface area contributed by atoms with Gasteiger partial charge in [0.05, 0.1) is 16.5 Å². The third-order valence-corrected chi connectivity index (χ3v) is 5.13. The molecule has 1 aliphatic heterocycles. The minimum atomic E-state index is -3.88. The van der Waals surface area contributed by atoms with Crippen molar-refractivity contribution in [3.8, 4) is 17.6 Å². The first-order valence-electron chi connectivity index (χ1n) is 6.96. The lowest BCUT2D eigenvalue weighted by atomic mass is 10.2. The summed E-state index contributed by atoms with van der Waals surface area (Å²) in [5.74, 6) is 0.913. The number of hydrogen-bond donors (Lipinski definition) is 0. The van der Waals surface area contributed by atoms with Crippen LogP contribution < -0.4 is 9.47 Å². The van der Waals surface area contributed by atoms with Crippen LogP contribution in [0.25, 0.3) is 0 Å². The molecule has 0 amide bonds. The molecule has 0 saturated heterocycles. The van der Waals surface area contributed by atoms with Crippen LogP contribution in [0.1, 0.15) is 5.56 Å². The molecule has 8 heteroatoms. The number of ether oxygens (including phenoxy) is 2. The predicted molar refractivity (Wildman–Crippen MR) is 88.3 cm³/mol. The fraction of sp³-hybridized carbons (Fsp3) is 0.188. The summed E-state index contributed by atoms with van der Waals surface area (Å²) in [6.07, 6.45) is -0.586. The van der Waals surface area contributed by atoms with Gasteiger partial charge >= 0.3 is 0 Å². The Morgan fingerprint density at radius 2 is 1.96 bits per heavy atom. The van der Waals surface area contributed by atoms with E-state index in [1.54, 1.807) is 30.3 Å². The predicted octanol–water partition coefficient (Wildman–Crippen LogP) is 2.87. The molecule has 124 valence electrons. The maximum Gasteiger partial charge on any atom is 0.297 e. The summed E-state index contributed by atoms with van der Waals surface area (Å²) in [5.41, 5.74) is 0.432. The van der Waals surface area contributed by atoms with E-state index in [1.165, 1.54) is 12.1 Å². The molecule has 1 atom stereocenters. The van der Waals surface area contributed by atoms with E-state index in [2.05, 4.69) is 15.9 Å². The van der Waals surface area contributed by atoms with Crippen LogP contribution in [0, 0.1) is 11.3 Å². The van der Waals surface area contributed by atoms with Gasteiger partial charge in [-0.3, -0.25) is 4.18 Å².